The van der Waals surface area contributed by atoms with Crippen molar-refractivity contribution in [3.05, 3.63) is 76.7 Å². The monoisotopic (exact) mass is 681 g/mol. The second kappa shape index (κ2) is 14.1. The van der Waals surface area contributed by atoms with Crippen LogP contribution in [0.15, 0.2) is 48.7 Å². The van der Waals surface area contributed by atoms with Crippen molar-refractivity contribution in [3.8, 4) is 11.1 Å². The first-order chi connectivity index (χ1) is 22.3. The van der Waals surface area contributed by atoms with E-state index in [1.54, 1.807) is 26.0 Å². The second-order valence-corrected chi connectivity index (χ2v) is 12.6. The summed E-state index contributed by atoms with van der Waals surface area (Å²) in [6, 6.07) is 7.15. The smallest absolute Gasteiger partial charge is 0.416 e. The first kappa shape index (κ1) is 36.7. The van der Waals surface area contributed by atoms with Gasteiger partial charge in [0.2, 0.25) is 0 Å². The number of rotatable bonds is 10. The van der Waals surface area contributed by atoms with Crippen molar-refractivity contribution < 1.29 is 45.1 Å². The molecule has 3 aromatic rings. The van der Waals surface area contributed by atoms with Crippen LogP contribution < -0.4 is 10.2 Å². The first-order valence-corrected chi connectivity index (χ1v) is 15.6. The van der Waals surface area contributed by atoms with Gasteiger partial charge in [0, 0.05) is 18.7 Å². The third-order valence-corrected chi connectivity index (χ3v) is 9.04. The van der Waals surface area contributed by atoms with Crippen LogP contribution in [0.5, 0.6) is 0 Å². The summed E-state index contributed by atoms with van der Waals surface area (Å²) < 4.78 is 100. The van der Waals surface area contributed by atoms with Crippen LogP contribution in [-0.4, -0.2) is 43.0 Å². The first-order valence-electron chi connectivity index (χ1n) is 15.6. The Bertz CT molecular complexity index is 1610. The third kappa shape index (κ3) is 8.27. The minimum atomic E-state index is -5.06. The summed E-state index contributed by atoms with van der Waals surface area (Å²) in [6.45, 7) is 8.96. The van der Waals surface area contributed by atoms with E-state index in [1.165, 1.54) is 32.2 Å². The van der Waals surface area contributed by atoms with E-state index >= 15 is 0 Å². The molecule has 0 aliphatic carbocycles. The number of pyridine rings is 1. The number of carbonyl (C=O) groups excluding carboxylic acids is 2. The number of nitrogens with zero attached hydrogens (tertiary/aromatic N) is 2. The van der Waals surface area contributed by atoms with E-state index < -0.39 is 52.6 Å². The maximum atomic E-state index is 14.0. The molecule has 1 saturated heterocycles. The molecule has 1 aliphatic heterocycles. The Morgan fingerprint density at radius 1 is 0.938 bits per heavy atom. The number of hydrogen-bond acceptors (Lipinski definition) is 6. The summed E-state index contributed by atoms with van der Waals surface area (Å²) in [5.41, 5.74) is -3.02. The van der Waals surface area contributed by atoms with Gasteiger partial charge in [-0.3, -0.25) is 9.59 Å². The lowest BCUT2D eigenvalue weighted by Gasteiger charge is -2.35. The molecule has 2 aromatic carbocycles. The van der Waals surface area contributed by atoms with Crippen molar-refractivity contribution >= 4 is 23.3 Å². The number of ether oxygens (including phenoxy) is 1. The van der Waals surface area contributed by atoms with Gasteiger partial charge in [0.05, 0.1) is 47.5 Å². The van der Waals surface area contributed by atoms with Gasteiger partial charge in [0.1, 0.15) is 11.6 Å². The molecular weight excluding hydrogens is 643 g/mol. The average Bonchev–Trinajstić information content (AvgIpc) is 3.02. The van der Waals surface area contributed by atoms with Crippen LogP contribution in [0.2, 0.25) is 0 Å². The lowest BCUT2D eigenvalue weighted by Crippen LogP contribution is -2.38. The minimum Gasteiger partial charge on any atom is -0.466 e. The van der Waals surface area contributed by atoms with Gasteiger partial charge in [0.25, 0.3) is 0 Å². The molecule has 13 heteroatoms. The van der Waals surface area contributed by atoms with E-state index in [9.17, 15) is 40.3 Å². The molecule has 1 fully saturated rings. The molecule has 1 unspecified atom stereocenters. The molecule has 0 amide bonds. The van der Waals surface area contributed by atoms with E-state index in [0.29, 0.717) is 60.0 Å². The van der Waals surface area contributed by atoms with Gasteiger partial charge in [-0.2, -0.15) is 26.3 Å². The highest BCUT2D eigenvalue weighted by molar-refractivity contribution is 5.94. The number of piperidine rings is 1. The molecule has 1 aliphatic rings. The summed E-state index contributed by atoms with van der Waals surface area (Å²) in [7, 11) is 0. The fourth-order valence-corrected chi connectivity index (χ4v) is 5.88. The molecule has 0 saturated carbocycles. The van der Waals surface area contributed by atoms with E-state index in [-0.39, 0.29) is 23.9 Å². The number of Topliss-reactive ketones (excluding diaryl/α,β-unsaturated/α-hetero) is 1. The zero-order valence-corrected chi connectivity index (χ0v) is 27.3. The van der Waals surface area contributed by atoms with Gasteiger partial charge in [0.15, 0.2) is 5.78 Å². The van der Waals surface area contributed by atoms with Crippen molar-refractivity contribution in [1.29, 1.82) is 0 Å². The van der Waals surface area contributed by atoms with Gasteiger partial charge in [-0.05, 0) is 99.5 Å². The number of anilines is 2. The molecule has 6 nitrogen and oxygen atoms in total. The minimum absolute atomic E-state index is 0.0241. The van der Waals surface area contributed by atoms with E-state index in [4.69, 9.17) is 4.74 Å². The van der Waals surface area contributed by atoms with Crippen molar-refractivity contribution in [3.63, 3.8) is 0 Å². The maximum absolute atomic E-state index is 14.0. The van der Waals surface area contributed by atoms with Crippen molar-refractivity contribution in [2.45, 2.75) is 65.2 Å². The molecule has 1 aromatic heterocycles. The van der Waals surface area contributed by atoms with Crippen molar-refractivity contribution in [1.82, 2.24) is 4.98 Å². The van der Waals surface area contributed by atoms with Gasteiger partial charge < -0.3 is 15.0 Å². The zero-order chi connectivity index (χ0) is 35.6. The van der Waals surface area contributed by atoms with Crippen LogP contribution in [0.1, 0.15) is 62.8 Å². The lowest BCUT2D eigenvalue weighted by molar-refractivity contribution is -0.149. The fraction of sp³-hybridized carbons (Fsp3) is 0.457. The number of aromatic nitrogens is 1. The highest BCUT2D eigenvalue weighted by Crippen LogP contribution is 2.40. The van der Waals surface area contributed by atoms with Crippen LogP contribution >= 0.6 is 0 Å². The summed E-state index contributed by atoms with van der Waals surface area (Å²) >= 11 is 0. The number of esters is 1. The van der Waals surface area contributed by atoms with Crippen LogP contribution in [0.3, 0.4) is 0 Å². The quantitative estimate of drug-likeness (QED) is 0.171. The topological polar surface area (TPSA) is 71.5 Å². The summed E-state index contributed by atoms with van der Waals surface area (Å²) in [4.78, 5) is 32.4. The average molecular weight is 682 g/mol. The number of alkyl halides is 6. The Balaban J connectivity index is 1.61. The highest BCUT2D eigenvalue weighted by Gasteiger charge is 2.40. The summed E-state index contributed by atoms with van der Waals surface area (Å²) in [5.74, 6) is -0.852. The number of ketones is 1. The predicted molar refractivity (Wildman–Crippen MR) is 168 cm³/mol. The molecule has 1 N–H and O–H groups in total. The summed E-state index contributed by atoms with van der Waals surface area (Å²) in [6.07, 6.45) is -7.18. The van der Waals surface area contributed by atoms with Gasteiger partial charge in [-0.15, -0.1) is 0 Å². The van der Waals surface area contributed by atoms with Crippen LogP contribution in [0.25, 0.3) is 11.1 Å². The van der Waals surface area contributed by atoms with Crippen LogP contribution in [-0.2, 0) is 32.1 Å². The Morgan fingerprint density at radius 2 is 1.52 bits per heavy atom. The lowest BCUT2D eigenvalue weighted by atomic mass is 9.79. The molecule has 0 spiro atoms. The van der Waals surface area contributed by atoms with Crippen molar-refractivity contribution in [2.75, 3.05) is 36.5 Å². The van der Waals surface area contributed by atoms with Gasteiger partial charge in [-0.25, -0.2) is 9.37 Å². The normalized spacial score (nSPS) is 15.3. The van der Waals surface area contributed by atoms with E-state index in [2.05, 4.69) is 15.2 Å². The molecule has 48 heavy (non-hydrogen) atoms. The number of halogens is 7. The molecule has 0 radical (unpaired) electrons. The second-order valence-electron chi connectivity index (χ2n) is 12.6. The highest BCUT2D eigenvalue weighted by atomic mass is 19.4. The molecule has 1 atom stereocenters. The van der Waals surface area contributed by atoms with Gasteiger partial charge >= 0.3 is 18.3 Å². The third-order valence-electron chi connectivity index (χ3n) is 9.04. The van der Waals surface area contributed by atoms with E-state index in [0.717, 1.165) is 12.8 Å². The Kier molecular flexibility index (Phi) is 10.8. The SMILES string of the molecule is CCOC(=O)C(C)C1CCN(c2cc(-c3ccc(F)cc3C)c(NCC(=O)C(C)(C)c3cc(C(F)(F)F)cc(C(F)(F)F)c3)cn2)CC1. The maximum Gasteiger partial charge on any atom is 0.416 e. The molecule has 0 bridgehead atoms. The molecule has 2 heterocycles. The predicted octanol–water partition coefficient (Wildman–Crippen LogP) is 8.61. The Hall–Kier alpha value is -4.16. The van der Waals surface area contributed by atoms with Gasteiger partial charge in [-0.1, -0.05) is 13.0 Å². The fourth-order valence-electron chi connectivity index (χ4n) is 5.88. The number of carbonyl (C=O) groups is 2. The molecular formula is C35H38F7N3O3. The van der Waals surface area contributed by atoms with E-state index in [1.807, 2.05) is 6.92 Å². The standard InChI is InChI=1S/C35H38F7N3O3/c1-6-48-32(47)21(3)22-9-11-45(12-10-22)31-17-28(27-8-7-26(36)13-20(27)2)29(18-44-31)43-19-30(46)33(4,5)23-14-24(34(37,38)39)16-25(15-23)35(40,41)42/h7-8,13-18,21-22,43H,6,9-12,19H2,1-5H3. The van der Waals surface area contributed by atoms with Crippen LogP contribution in [0, 0.1) is 24.6 Å². The number of nitrogens with one attached hydrogen (secondary N) is 1. The summed E-state index contributed by atoms with van der Waals surface area (Å²) in [5, 5.41) is 2.98. The number of hydrogen-bond donors (Lipinski definition) is 1. The Labute approximate surface area is 274 Å². The van der Waals surface area contributed by atoms with Crippen molar-refractivity contribution in [2.24, 2.45) is 11.8 Å². The largest absolute Gasteiger partial charge is 0.466 e. The zero-order valence-electron chi connectivity index (χ0n) is 27.3. The Morgan fingerprint density at radius 3 is 2.06 bits per heavy atom. The number of benzene rings is 2. The van der Waals surface area contributed by atoms with Crippen LogP contribution in [0.4, 0.5) is 42.2 Å². The number of aryl methyl sites for hydroxylation is 1. The molecule has 260 valence electrons. The molecule has 4 rings (SSSR count).